The van der Waals surface area contributed by atoms with Gasteiger partial charge in [-0.25, -0.2) is 0 Å². The lowest BCUT2D eigenvalue weighted by Gasteiger charge is -2.33. The van der Waals surface area contributed by atoms with Crippen LogP contribution < -0.4 is 5.32 Å². The number of benzene rings is 1. The van der Waals surface area contributed by atoms with Crippen LogP contribution in [0, 0.1) is 0 Å². The molecule has 86 valence electrons. The third-order valence-corrected chi connectivity index (χ3v) is 3.25. The van der Waals surface area contributed by atoms with Gasteiger partial charge in [-0.15, -0.1) is 0 Å². The maximum atomic E-state index is 11.3. The summed E-state index contributed by atoms with van der Waals surface area (Å²) in [6, 6.07) is 7.91. The van der Waals surface area contributed by atoms with Crippen molar-refractivity contribution < 1.29 is 4.79 Å². The van der Waals surface area contributed by atoms with E-state index in [0.29, 0.717) is 6.54 Å². The lowest BCUT2D eigenvalue weighted by Crippen LogP contribution is -2.47. The number of hydrogen-bond acceptors (Lipinski definition) is 2. The fourth-order valence-corrected chi connectivity index (χ4v) is 2.27. The third-order valence-electron chi connectivity index (χ3n) is 2.90. The molecule has 4 heteroatoms. The maximum absolute atomic E-state index is 11.3. The van der Waals surface area contributed by atoms with Gasteiger partial charge in [0.1, 0.15) is 0 Å². The first kappa shape index (κ1) is 11.4. The highest BCUT2D eigenvalue weighted by Crippen LogP contribution is 2.24. The van der Waals surface area contributed by atoms with Crippen molar-refractivity contribution in [2.24, 2.45) is 0 Å². The number of hydrogen-bond donors (Lipinski definition) is 1. The van der Waals surface area contributed by atoms with Gasteiger partial charge in [0, 0.05) is 31.6 Å². The molecule has 0 aromatic heterocycles. The minimum atomic E-state index is 0.124. The van der Waals surface area contributed by atoms with Crippen LogP contribution in [0.15, 0.2) is 24.3 Å². The molecular formula is C12H15ClN2O. The van der Waals surface area contributed by atoms with Crippen molar-refractivity contribution in [1.29, 1.82) is 0 Å². The van der Waals surface area contributed by atoms with Crippen LogP contribution in [0.3, 0.4) is 0 Å². The highest BCUT2D eigenvalue weighted by Gasteiger charge is 2.23. The van der Waals surface area contributed by atoms with Gasteiger partial charge in [0.15, 0.2) is 0 Å². The number of carbonyl (C=O) groups is 1. The van der Waals surface area contributed by atoms with Crippen LogP contribution in [0.5, 0.6) is 0 Å². The van der Waals surface area contributed by atoms with Crippen LogP contribution >= 0.6 is 11.6 Å². The number of halogens is 1. The quantitative estimate of drug-likeness (QED) is 0.810. The summed E-state index contributed by atoms with van der Waals surface area (Å²) < 4.78 is 0. The van der Waals surface area contributed by atoms with Gasteiger partial charge in [-0.3, -0.25) is 4.79 Å². The Bertz CT molecular complexity index is 394. The van der Waals surface area contributed by atoms with Crippen molar-refractivity contribution >= 4 is 17.5 Å². The summed E-state index contributed by atoms with van der Waals surface area (Å²) >= 11 is 6.14. The topological polar surface area (TPSA) is 32.3 Å². The molecule has 1 atom stereocenters. The van der Waals surface area contributed by atoms with E-state index < -0.39 is 0 Å². The molecule has 1 amide bonds. The van der Waals surface area contributed by atoms with E-state index in [1.54, 1.807) is 6.92 Å². The molecule has 0 radical (unpaired) electrons. The highest BCUT2D eigenvalue weighted by molar-refractivity contribution is 6.31. The van der Waals surface area contributed by atoms with Crippen molar-refractivity contribution in [3.8, 4) is 0 Å². The van der Waals surface area contributed by atoms with E-state index in [2.05, 4.69) is 5.32 Å². The molecule has 1 heterocycles. The van der Waals surface area contributed by atoms with Crippen LogP contribution in [0.1, 0.15) is 18.5 Å². The molecule has 1 aliphatic heterocycles. The van der Waals surface area contributed by atoms with Crippen LogP contribution in [0.25, 0.3) is 0 Å². The van der Waals surface area contributed by atoms with E-state index in [4.69, 9.17) is 11.6 Å². The Morgan fingerprint density at radius 1 is 1.50 bits per heavy atom. The number of carbonyl (C=O) groups excluding carboxylic acids is 1. The zero-order valence-electron chi connectivity index (χ0n) is 9.24. The van der Waals surface area contributed by atoms with E-state index in [0.717, 1.165) is 23.7 Å². The van der Waals surface area contributed by atoms with E-state index in [1.807, 2.05) is 29.2 Å². The fraction of sp³-hybridized carbons (Fsp3) is 0.417. The van der Waals surface area contributed by atoms with Gasteiger partial charge >= 0.3 is 0 Å². The van der Waals surface area contributed by atoms with E-state index in [-0.39, 0.29) is 11.9 Å². The normalized spacial score (nSPS) is 20.9. The molecule has 2 rings (SSSR count). The molecule has 0 saturated carbocycles. The van der Waals surface area contributed by atoms with Crippen molar-refractivity contribution in [2.75, 3.05) is 19.6 Å². The molecule has 0 spiro atoms. The maximum Gasteiger partial charge on any atom is 0.219 e. The number of piperazine rings is 1. The standard InChI is InChI=1S/C12H15ClN2O/c1-9(16)15-7-6-14-12(8-15)10-4-2-3-5-11(10)13/h2-5,12,14H,6-8H2,1H3. The van der Waals surface area contributed by atoms with Crippen LogP contribution in [-0.4, -0.2) is 30.4 Å². The number of nitrogens with one attached hydrogen (secondary N) is 1. The summed E-state index contributed by atoms with van der Waals surface area (Å²) in [6.07, 6.45) is 0. The molecule has 1 unspecified atom stereocenters. The summed E-state index contributed by atoms with van der Waals surface area (Å²) in [5.41, 5.74) is 1.06. The molecule has 3 nitrogen and oxygen atoms in total. The Morgan fingerprint density at radius 2 is 2.25 bits per heavy atom. The summed E-state index contributed by atoms with van der Waals surface area (Å²) in [4.78, 5) is 13.2. The van der Waals surface area contributed by atoms with Gasteiger partial charge in [0.05, 0.1) is 6.04 Å². The Kier molecular flexibility index (Phi) is 3.46. The Balaban J connectivity index is 2.16. The average molecular weight is 239 g/mol. The Morgan fingerprint density at radius 3 is 2.94 bits per heavy atom. The largest absolute Gasteiger partial charge is 0.340 e. The highest BCUT2D eigenvalue weighted by atomic mass is 35.5. The Labute approximate surface area is 100 Å². The van der Waals surface area contributed by atoms with Crippen molar-refractivity contribution in [3.05, 3.63) is 34.9 Å². The molecule has 16 heavy (non-hydrogen) atoms. The Hall–Kier alpha value is -1.06. The summed E-state index contributed by atoms with van der Waals surface area (Å²) in [5.74, 6) is 0.124. The van der Waals surface area contributed by atoms with Gasteiger partial charge in [0.2, 0.25) is 5.91 Å². The van der Waals surface area contributed by atoms with Crippen molar-refractivity contribution in [1.82, 2.24) is 10.2 Å². The molecular weight excluding hydrogens is 224 g/mol. The minimum absolute atomic E-state index is 0.124. The third kappa shape index (κ3) is 2.36. The molecule has 1 aliphatic rings. The molecule has 1 N–H and O–H groups in total. The minimum Gasteiger partial charge on any atom is -0.340 e. The van der Waals surface area contributed by atoms with Crippen molar-refractivity contribution in [2.45, 2.75) is 13.0 Å². The molecule has 0 bridgehead atoms. The van der Waals surface area contributed by atoms with Crippen LogP contribution in [0.4, 0.5) is 0 Å². The van der Waals surface area contributed by atoms with Crippen LogP contribution in [0.2, 0.25) is 5.02 Å². The smallest absolute Gasteiger partial charge is 0.219 e. The molecule has 1 fully saturated rings. The molecule has 1 saturated heterocycles. The second kappa shape index (κ2) is 4.85. The lowest BCUT2D eigenvalue weighted by atomic mass is 10.0. The summed E-state index contributed by atoms with van der Waals surface area (Å²) in [6.45, 7) is 3.89. The molecule has 1 aromatic rings. The number of rotatable bonds is 1. The first-order valence-corrected chi connectivity index (χ1v) is 5.79. The lowest BCUT2D eigenvalue weighted by molar-refractivity contribution is -0.130. The average Bonchev–Trinajstić information content (AvgIpc) is 2.30. The summed E-state index contributed by atoms with van der Waals surface area (Å²) in [7, 11) is 0. The zero-order valence-corrected chi connectivity index (χ0v) is 10.00. The first-order valence-electron chi connectivity index (χ1n) is 5.42. The monoisotopic (exact) mass is 238 g/mol. The molecule has 0 aliphatic carbocycles. The second-order valence-electron chi connectivity index (χ2n) is 3.99. The van der Waals surface area contributed by atoms with Crippen LogP contribution in [-0.2, 0) is 4.79 Å². The SMILES string of the molecule is CC(=O)N1CCNC(c2ccccc2Cl)C1. The van der Waals surface area contributed by atoms with Gasteiger partial charge in [0.25, 0.3) is 0 Å². The zero-order chi connectivity index (χ0) is 11.5. The molecule has 1 aromatic carbocycles. The van der Waals surface area contributed by atoms with E-state index in [1.165, 1.54) is 0 Å². The predicted molar refractivity (Wildman–Crippen MR) is 64.4 cm³/mol. The van der Waals surface area contributed by atoms with Gasteiger partial charge in [-0.1, -0.05) is 29.8 Å². The summed E-state index contributed by atoms with van der Waals surface area (Å²) in [5, 5.41) is 4.14. The van der Waals surface area contributed by atoms with E-state index >= 15 is 0 Å². The van der Waals surface area contributed by atoms with E-state index in [9.17, 15) is 4.79 Å². The van der Waals surface area contributed by atoms with Gasteiger partial charge < -0.3 is 10.2 Å². The number of nitrogens with zero attached hydrogens (tertiary/aromatic N) is 1. The fourth-order valence-electron chi connectivity index (χ4n) is 2.00. The van der Waals surface area contributed by atoms with Gasteiger partial charge in [-0.05, 0) is 11.6 Å². The predicted octanol–water partition coefficient (Wildman–Crippen LogP) is 1.83. The first-order chi connectivity index (χ1) is 7.68. The van der Waals surface area contributed by atoms with Gasteiger partial charge in [-0.2, -0.15) is 0 Å². The second-order valence-corrected chi connectivity index (χ2v) is 4.40. The number of amides is 1. The van der Waals surface area contributed by atoms with Crippen molar-refractivity contribution in [3.63, 3.8) is 0 Å².